The van der Waals surface area contributed by atoms with Gasteiger partial charge in [0, 0.05) is 43.8 Å². The Balaban J connectivity index is 2.08. The molecule has 1 aromatic heterocycles. The number of nitrogens with one attached hydrogen (secondary N) is 2. The summed E-state index contributed by atoms with van der Waals surface area (Å²) < 4.78 is 0. The Hall–Kier alpha value is -0.870. The molecule has 1 saturated heterocycles. The Morgan fingerprint density at radius 1 is 1.26 bits per heavy atom. The number of hydrogen-bond acceptors (Lipinski definition) is 3. The Kier molecular flexibility index (Phi) is 4.31. The number of aromatic nitrogens is 2. The molecule has 0 saturated carbocycles. The van der Waals surface area contributed by atoms with Gasteiger partial charge in [0.05, 0.1) is 5.69 Å². The molecular weight excluding hydrogens is 236 g/mol. The smallest absolute Gasteiger partial charge is 0.108 e. The van der Waals surface area contributed by atoms with Gasteiger partial charge in [0.1, 0.15) is 5.82 Å². The fourth-order valence-corrected chi connectivity index (χ4v) is 2.98. The zero-order valence-electron chi connectivity index (χ0n) is 13.0. The molecule has 0 atom stereocenters. The normalized spacial score (nSPS) is 18.2. The standard InChI is InChI=1S/C15H28N4/c1-11(2)14-12(3)17-13(18-14)10-15(4,5)19-8-6-16-7-9-19/h11,16H,6-10H2,1-5H3,(H,17,18). The van der Waals surface area contributed by atoms with E-state index in [0.717, 1.165) is 38.4 Å². The quantitative estimate of drug-likeness (QED) is 0.875. The van der Waals surface area contributed by atoms with Gasteiger partial charge in [0.15, 0.2) is 0 Å². The summed E-state index contributed by atoms with van der Waals surface area (Å²) in [4.78, 5) is 10.8. The van der Waals surface area contributed by atoms with Crippen LogP contribution in [0.1, 0.15) is 50.8 Å². The van der Waals surface area contributed by atoms with Gasteiger partial charge in [0.25, 0.3) is 0 Å². The Morgan fingerprint density at radius 2 is 1.89 bits per heavy atom. The van der Waals surface area contributed by atoms with E-state index < -0.39 is 0 Å². The summed E-state index contributed by atoms with van der Waals surface area (Å²) in [5.41, 5.74) is 2.60. The number of aryl methyl sites for hydroxylation is 1. The third-order valence-corrected chi connectivity index (χ3v) is 4.09. The van der Waals surface area contributed by atoms with Crippen molar-refractivity contribution in [2.75, 3.05) is 26.2 Å². The summed E-state index contributed by atoms with van der Waals surface area (Å²) >= 11 is 0. The van der Waals surface area contributed by atoms with Crippen LogP contribution in [-0.4, -0.2) is 46.6 Å². The van der Waals surface area contributed by atoms with E-state index in [2.05, 4.69) is 49.8 Å². The average Bonchev–Trinajstić information content (AvgIpc) is 2.71. The van der Waals surface area contributed by atoms with Gasteiger partial charge in [0.2, 0.25) is 0 Å². The lowest BCUT2D eigenvalue weighted by molar-refractivity contribution is 0.102. The molecule has 1 aromatic rings. The summed E-state index contributed by atoms with van der Waals surface area (Å²) in [7, 11) is 0. The average molecular weight is 264 g/mol. The zero-order chi connectivity index (χ0) is 14.0. The van der Waals surface area contributed by atoms with Gasteiger partial charge < -0.3 is 10.3 Å². The second-order valence-electron chi connectivity index (χ2n) is 6.57. The fraction of sp³-hybridized carbons (Fsp3) is 0.800. The molecule has 2 rings (SSSR count). The van der Waals surface area contributed by atoms with Crippen LogP contribution in [0.15, 0.2) is 0 Å². The van der Waals surface area contributed by atoms with Gasteiger partial charge in [-0.15, -0.1) is 0 Å². The summed E-state index contributed by atoms with van der Waals surface area (Å²) in [6, 6.07) is 0. The van der Waals surface area contributed by atoms with Crippen LogP contribution in [0.5, 0.6) is 0 Å². The van der Waals surface area contributed by atoms with E-state index in [9.17, 15) is 0 Å². The first kappa shape index (κ1) is 14.5. The fourth-order valence-electron chi connectivity index (χ4n) is 2.98. The highest BCUT2D eigenvalue weighted by Crippen LogP contribution is 2.22. The lowest BCUT2D eigenvalue weighted by Gasteiger charge is -2.40. The van der Waals surface area contributed by atoms with Crippen LogP contribution in [0.3, 0.4) is 0 Å². The molecule has 4 heteroatoms. The molecule has 0 unspecified atom stereocenters. The van der Waals surface area contributed by atoms with Crippen LogP contribution in [0.25, 0.3) is 0 Å². The number of aromatic amines is 1. The van der Waals surface area contributed by atoms with E-state index >= 15 is 0 Å². The molecular formula is C15H28N4. The first-order chi connectivity index (χ1) is 8.90. The van der Waals surface area contributed by atoms with E-state index in [-0.39, 0.29) is 5.54 Å². The maximum absolute atomic E-state index is 4.79. The second kappa shape index (κ2) is 5.63. The number of H-pyrrole nitrogens is 1. The molecule has 0 bridgehead atoms. The van der Waals surface area contributed by atoms with Crippen molar-refractivity contribution in [1.29, 1.82) is 0 Å². The molecule has 0 radical (unpaired) electrons. The van der Waals surface area contributed by atoms with Crippen molar-refractivity contribution in [1.82, 2.24) is 20.2 Å². The third-order valence-electron chi connectivity index (χ3n) is 4.09. The van der Waals surface area contributed by atoms with Crippen LogP contribution in [0, 0.1) is 6.92 Å². The first-order valence-corrected chi connectivity index (χ1v) is 7.41. The minimum atomic E-state index is 0.167. The van der Waals surface area contributed by atoms with Gasteiger partial charge in [-0.05, 0) is 26.7 Å². The first-order valence-electron chi connectivity index (χ1n) is 7.41. The molecule has 0 amide bonds. The molecule has 19 heavy (non-hydrogen) atoms. The van der Waals surface area contributed by atoms with Crippen LogP contribution in [-0.2, 0) is 6.42 Å². The largest absolute Gasteiger partial charge is 0.346 e. The van der Waals surface area contributed by atoms with Gasteiger partial charge in [-0.1, -0.05) is 13.8 Å². The highest BCUT2D eigenvalue weighted by molar-refractivity contribution is 5.17. The van der Waals surface area contributed by atoms with Crippen molar-refractivity contribution in [2.24, 2.45) is 0 Å². The van der Waals surface area contributed by atoms with E-state index in [1.165, 1.54) is 11.4 Å². The van der Waals surface area contributed by atoms with Crippen LogP contribution >= 0.6 is 0 Å². The molecule has 1 aliphatic rings. The SMILES string of the molecule is Cc1[nH]c(CC(C)(C)N2CCNCC2)nc1C(C)C. The molecule has 0 aromatic carbocycles. The zero-order valence-corrected chi connectivity index (χ0v) is 13.0. The molecule has 2 N–H and O–H groups in total. The highest BCUT2D eigenvalue weighted by atomic mass is 15.2. The molecule has 0 aliphatic carbocycles. The van der Waals surface area contributed by atoms with Crippen LogP contribution in [0.4, 0.5) is 0 Å². The van der Waals surface area contributed by atoms with Gasteiger partial charge in [-0.25, -0.2) is 4.98 Å². The molecule has 108 valence electrons. The monoisotopic (exact) mass is 264 g/mol. The predicted molar refractivity (Wildman–Crippen MR) is 79.6 cm³/mol. The van der Waals surface area contributed by atoms with E-state index in [1.807, 2.05) is 0 Å². The Labute approximate surface area is 117 Å². The molecule has 1 aliphatic heterocycles. The van der Waals surface area contributed by atoms with E-state index in [4.69, 9.17) is 4.98 Å². The number of hydrogen-bond donors (Lipinski definition) is 2. The van der Waals surface area contributed by atoms with Gasteiger partial charge in [-0.2, -0.15) is 0 Å². The number of nitrogens with zero attached hydrogens (tertiary/aromatic N) is 2. The van der Waals surface area contributed by atoms with Gasteiger partial charge in [-0.3, -0.25) is 4.90 Å². The number of rotatable bonds is 4. The van der Waals surface area contributed by atoms with E-state index in [1.54, 1.807) is 0 Å². The topological polar surface area (TPSA) is 44.0 Å². The van der Waals surface area contributed by atoms with Crippen molar-refractivity contribution in [2.45, 2.75) is 52.5 Å². The molecule has 2 heterocycles. The van der Waals surface area contributed by atoms with Crippen molar-refractivity contribution >= 4 is 0 Å². The predicted octanol–water partition coefficient (Wildman–Crippen LogP) is 2.07. The lowest BCUT2D eigenvalue weighted by atomic mass is 9.97. The summed E-state index contributed by atoms with van der Waals surface area (Å²) in [6.07, 6.45) is 0.987. The summed E-state index contributed by atoms with van der Waals surface area (Å²) in [5, 5.41) is 3.41. The van der Waals surface area contributed by atoms with Crippen molar-refractivity contribution in [3.05, 3.63) is 17.2 Å². The molecule has 1 fully saturated rings. The minimum Gasteiger partial charge on any atom is -0.346 e. The van der Waals surface area contributed by atoms with Gasteiger partial charge >= 0.3 is 0 Å². The lowest BCUT2D eigenvalue weighted by Crippen LogP contribution is -2.54. The van der Waals surface area contributed by atoms with Crippen molar-refractivity contribution < 1.29 is 0 Å². The van der Waals surface area contributed by atoms with E-state index in [0.29, 0.717) is 5.92 Å². The maximum Gasteiger partial charge on any atom is 0.108 e. The minimum absolute atomic E-state index is 0.167. The molecule has 0 spiro atoms. The molecule has 4 nitrogen and oxygen atoms in total. The van der Waals surface area contributed by atoms with Crippen LogP contribution in [0.2, 0.25) is 0 Å². The highest BCUT2D eigenvalue weighted by Gasteiger charge is 2.29. The third kappa shape index (κ3) is 3.37. The van der Waals surface area contributed by atoms with Crippen molar-refractivity contribution in [3.8, 4) is 0 Å². The van der Waals surface area contributed by atoms with Crippen LogP contribution < -0.4 is 5.32 Å². The maximum atomic E-state index is 4.79. The van der Waals surface area contributed by atoms with Crippen molar-refractivity contribution in [3.63, 3.8) is 0 Å². The number of piperazine rings is 1. The number of imidazole rings is 1. The Bertz CT molecular complexity index is 414. The second-order valence-corrected chi connectivity index (χ2v) is 6.57. The summed E-state index contributed by atoms with van der Waals surface area (Å²) in [5.74, 6) is 1.62. The summed E-state index contributed by atoms with van der Waals surface area (Å²) in [6.45, 7) is 15.6. The Morgan fingerprint density at radius 3 is 2.42 bits per heavy atom.